The van der Waals surface area contributed by atoms with Crippen LogP contribution in [0.5, 0.6) is 5.75 Å². The van der Waals surface area contributed by atoms with Crippen molar-refractivity contribution >= 4 is 11.9 Å². The number of ether oxygens (including phenoxy) is 1. The van der Waals surface area contributed by atoms with Crippen molar-refractivity contribution in [3.8, 4) is 5.75 Å². The minimum atomic E-state index is -2.38. The Morgan fingerprint density at radius 2 is 2.23 bits per heavy atom. The van der Waals surface area contributed by atoms with Crippen LogP contribution in [0.3, 0.4) is 0 Å². The summed E-state index contributed by atoms with van der Waals surface area (Å²) in [6.07, 6.45) is 0.271. The summed E-state index contributed by atoms with van der Waals surface area (Å²) in [6.45, 7) is -2.38. The maximum Gasteiger partial charge on any atom is 0.338 e. The molecule has 6 nitrogen and oxygen atoms in total. The van der Waals surface area contributed by atoms with E-state index < -0.39 is 37.0 Å². The van der Waals surface area contributed by atoms with Crippen LogP contribution in [0.2, 0.25) is 0 Å². The first kappa shape index (κ1) is 11.5. The van der Waals surface area contributed by atoms with Crippen molar-refractivity contribution < 1.29 is 28.7 Å². The highest BCUT2D eigenvalue weighted by Gasteiger charge is 2.50. The SMILES string of the molecule is [2H]C([2H])([2H])N1[C@H]2CC[C@@H]1[C@@H](C(=O)O)[C@@H](OC(=O)c1cccc(O)c1)C2. The molecule has 0 aromatic heterocycles. The molecule has 6 heteroatoms. The van der Waals surface area contributed by atoms with Gasteiger partial charge in [-0.05, 0) is 38.0 Å². The molecule has 2 saturated heterocycles. The molecule has 0 radical (unpaired) electrons. The number of benzene rings is 1. The Labute approximate surface area is 132 Å². The van der Waals surface area contributed by atoms with E-state index in [2.05, 4.69) is 0 Å². The van der Waals surface area contributed by atoms with Crippen molar-refractivity contribution in [1.82, 2.24) is 4.90 Å². The van der Waals surface area contributed by atoms with Crippen LogP contribution in [-0.2, 0) is 9.53 Å². The summed E-state index contributed by atoms with van der Waals surface area (Å²) in [4.78, 5) is 25.3. The summed E-state index contributed by atoms with van der Waals surface area (Å²) >= 11 is 0. The number of nitrogens with zero attached hydrogens (tertiary/aromatic N) is 1. The highest BCUT2D eigenvalue weighted by atomic mass is 16.5. The van der Waals surface area contributed by atoms with Gasteiger partial charge in [-0.2, -0.15) is 0 Å². The van der Waals surface area contributed by atoms with Crippen molar-refractivity contribution in [2.75, 3.05) is 6.98 Å². The lowest BCUT2D eigenvalue weighted by atomic mass is 9.87. The fraction of sp³-hybridized carbons (Fsp3) is 0.500. The summed E-state index contributed by atoms with van der Waals surface area (Å²) in [5.74, 6) is -3.09. The van der Waals surface area contributed by atoms with Gasteiger partial charge in [-0.3, -0.25) is 9.69 Å². The number of esters is 1. The van der Waals surface area contributed by atoms with Gasteiger partial charge in [0.05, 0.1) is 5.56 Å². The number of aliphatic carboxylic acids is 1. The van der Waals surface area contributed by atoms with E-state index in [1.54, 1.807) is 0 Å². The largest absolute Gasteiger partial charge is 0.508 e. The zero-order valence-corrected chi connectivity index (χ0v) is 11.8. The number of carboxylic acid groups (broad SMARTS) is 1. The second kappa shape index (κ2) is 5.61. The molecular formula is C16H19NO5. The van der Waals surface area contributed by atoms with Gasteiger partial charge in [0.15, 0.2) is 0 Å². The normalized spacial score (nSPS) is 33.5. The molecule has 0 amide bonds. The smallest absolute Gasteiger partial charge is 0.338 e. The third-order valence-corrected chi connectivity index (χ3v) is 4.49. The molecule has 1 aromatic rings. The van der Waals surface area contributed by atoms with Gasteiger partial charge in [0.2, 0.25) is 0 Å². The molecule has 2 aliphatic heterocycles. The molecule has 0 aliphatic carbocycles. The minimum Gasteiger partial charge on any atom is -0.508 e. The standard InChI is InChI=1S/C16H19NO5/c1-17-10-5-6-12(17)14(15(19)20)13(8-10)22-16(21)9-3-2-4-11(18)7-9/h2-4,7,10,12-14,18H,5-6,8H2,1H3,(H,19,20)/t10-,12+,13-,14+/m0/s1/i1D3. The second-order valence-corrected chi connectivity index (χ2v) is 5.80. The molecule has 2 N–H and O–H groups in total. The lowest BCUT2D eigenvalue weighted by Crippen LogP contribution is -2.53. The summed E-state index contributed by atoms with van der Waals surface area (Å²) in [5.41, 5.74) is 0.120. The molecule has 2 aliphatic rings. The van der Waals surface area contributed by atoms with Crippen molar-refractivity contribution in [2.45, 2.75) is 37.5 Å². The number of phenolic OH excluding ortho intramolecular Hbond substituents is 1. The van der Waals surface area contributed by atoms with Crippen LogP contribution in [0.4, 0.5) is 0 Å². The molecular weight excluding hydrogens is 286 g/mol. The average Bonchev–Trinajstić information content (AvgIpc) is 2.82. The zero-order chi connectivity index (χ0) is 18.4. The summed E-state index contributed by atoms with van der Waals surface area (Å²) in [5, 5.41) is 19.1. The topological polar surface area (TPSA) is 87.1 Å². The Kier molecular flexibility index (Phi) is 2.93. The van der Waals surface area contributed by atoms with Crippen LogP contribution in [-0.4, -0.2) is 52.2 Å². The predicted molar refractivity (Wildman–Crippen MR) is 77.6 cm³/mol. The van der Waals surface area contributed by atoms with Gasteiger partial charge in [0, 0.05) is 22.6 Å². The number of hydrogen-bond acceptors (Lipinski definition) is 5. The quantitative estimate of drug-likeness (QED) is 0.823. The lowest BCUT2D eigenvalue weighted by molar-refractivity contribution is -0.152. The first-order valence-electron chi connectivity index (χ1n) is 8.69. The predicted octanol–water partition coefficient (Wildman–Crippen LogP) is 1.48. The maximum atomic E-state index is 12.3. The summed E-state index contributed by atoms with van der Waals surface area (Å²) in [7, 11) is 0. The van der Waals surface area contributed by atoms with Crippen LogP contribution < -0.4 is 0 Å². The highest BCUT2D eigenvalue weighted by molar-refractivity contribution is 5.90. The number of rotatable bonds is 3. The number of hydrogen-bond donors (Lipinski definition) is 2. The Bertz CT molecular complexity index is 693. The van der Waals surface area contributed by atoms with Gasteiger partial charge in [-0.25, -0.2) is 4.79 Å². The number of fused-ring (bicyclic) bond motifs is 2. The van der Waals surface area contributed by atoms with Gasteiger partial charge in [0.1, 0.15) is 17.8 Å². The molecule has 2 fully saturated rings. The Hall–Kier alpha value is -2.08. The monoisotopic (exact) mass is 308 g/mol. The van der Waals surface area contributed by atoms with E-state index in [0.717, 1.165) is 0 Å². The van der Waals surface area contributed by atoms with Crippen molar-refractivity contribution in [3.63, 3.8) is 0 Å². The zero-order valence-electron chi connectivity index (χ0n) is 14.8. The van der Waals surface area contributed by atoms with Crippen molar-refractivity contribution in [3.05, 3.63) is 29.8 Å². The molecule has 22 heavy (non-hydrogen) atoms. The maximum absolute atomic E-state index is 12.3. The van der Waals surface area contributed by atoms with E-state index in [9.17, 15) is 19.8 Å². The lowest BCUT2D eigenvalue weighted by Gasteiger charge is -2.40. The molecule has 1 aromatic carbocycles. The van der Waals surface area contributed by atoms with Crippen LogP contribution in [0, 0.1) is 5.92 Å². The van der Waals surface area contributed by atoms with Crippen LogP contribution >= 0.6 is 0 Å². The fourth-order valence-electron chi connectivity index (χ4n) is 3.44. The number of piperidine rings is 1. The Morgan fingerprint density at radius 3 is 2.91 bits per heavy atom. The molecule has 4 atom stereocenters. The minimum absolute atomic E-state index is 0.0958. The van der Waals surface area contributed by atoms with Crippen LogP contribution in [0.1, 0.15) is 33.7 Å². The molecule has 2 heterocycles. The van der Waals surface area contributed by atoms with Crippen molar-refractivity contribution in [2.24, 2.45) is 5.92 Å². The Morgan fingerprint density at radius 1 is 1.41 bits per heavy atom. The third kappa shape index (κ3) is 2.54. The molecule has 2 bridgehead atoms. The molecule has 3 rings (SSSR count). The Balaban J connectivity index is 1.83. The van der Waals surface area contributed by atoms with E-state index in [1.807, 2.05) is 0 Å². The fourth-order valence-corrected chi connectivity index (χ4v) is 3.44. The van der Waals surface area contributed by atoms with E-state index in [0.29, 0.717) is 12.8 Å². The number of carbonyl (C=O) groups is 2. The molecule has 0 spiro atoms. The number of carboxylic acids is 1. The molecule has 118 valence electrons. The third-order valence-electron chi connectivity index (χ3n) is 4.49. The van der Waals surface area contributed by atoms with E-state index in [4.69, 9.17) is 8.85 Å². The van der Waals surface area contributed by atoms with Crippen molar-refractivity contribution in [1.29, 1.82) is 0 Å². The number of carbonyl (C=O) groups excluding carboxylic acids is 1. The molecule has 0 saturated carbocycles. The van der Waals surface area contributed by atoms with Crippen LogP contribution in [0.15, 0.2) is 24.3 Å². The first-order valence-corrected chi connectivity index (χ1v) is 7.19. The summed E-state index contributed by atoms with van der Waals surface area (Å²) < 4.78 is 28.4. The van der Waals surface area contributed by atoms with E-state index in [-0.39, 0.29) is 23.8 Å². The molecule has 0 unspecified atom stereocenters. The summed E-state index contributed by atoms with van der Waals surface area (Å²) in [6, 6.07) is 4.57. The number of aromatic hydroxyl groups is 1. The van der Waals surface area contributed by atoms with Gasteiger partial charge < -0.3 is 14.9 Å². The average molecular weight is 308 g/mol. The van der Waals surface area contributed by atoms with E-state index >= 15 is 0 Å². The van der Waals surface area contributed by atoms with Gasteiger partial charge in [-0.1, -0.05) is 6.07 Å². The van der Waals surface area contributed by atoms with E-state index in [1.165, 1.54) is 29.2 Å². The second-order valence-electron chi connectivity index (χ2n) is 5.80. The number of phenols is 1. The van der Waals surface area contributed by atoms with Crippen LogP contribution in [0.25, 0.3) is 0 Å². The van der Waals surface area contributed by atoms with Gasteiger partial charge in [-0.15, -0.1) is 0 Å². The highest BCUT2D eigenvalue weighted by Crippen LogP contribution is 2.39. The van der Waals surface area contributed by atoms with Gasteiger partial charge >= 0.3 is 11.9 Å². The first-order chi connectivity index (χ1) is 11.7. The van der Waals surface area contributed by atoms with Gasteiger partial charge in [0.25, 0.3) is 0 Å².